The van der Waals surface area contributed by atoms with Crippen LogP contribution in [0.5, 0.6) is 0 Å². The number of hydrogen-bond donors (Lipinski definition) is 2. The average molecular weight is 300 g/mol. The summed E-state index contributed by atoms with van der Waals surface area (Å²) in [6.45, 7) is 1.73. The van der Waals surface area contributed by atoms with Gasteiger partial charge < -0.3 is 4.98 Å². The number of pyridine rings is 2. The van der Waals surface area contributed by atoms with Crippen molar-refractivity contribution in [3.8, 4) is 0 Å². The molecule has 0 radical (unpaired) electrons. The highest BCUT2D eigenvalue weighted by molar-refractivity contribution is 7.92. The van der Waals surface area contributed by atoms with Gasteiger partial charge in [0.1, 0.15) is 15.7 Å². The van der Waals surface area contributed by atoms with Crippen LogP contribution in [0.2, 0.25) is 5.02 Å². The molecule has 0 atom stereocenters. The molecule has 6 nitrogen and oxygen atoms in total. The van der Waals surface area contributed by atoms with Crippen LogP contribution in [0.4, 0.5) is 5.82 Å². The van der Waals surface area contributed by atoms with Gasteiger partial charge in [-0.05, 0) is 24.6 Å². The van der Waals surface area contributed by atoms with E-state index in [2.05, 4.69) is 14.7 Å². The van der Waals surface area contributed by atoms with Gasteiger partial charge in [0.05, 0.1) is 0 Å². The van der Waals surface area contributed by atoms with Crippen LogP contribution >= 0.6 is 11.6 Å². The molecule has 2 rings (SSSR count). The molecular weight excluding hydrogens is 290 g/mol. The average Bonchev–Trinajstić information content (AvgIpc) is 2.35. The predicted octanol–water partition coefficient (Wildman–Crippen LogP) is 1.53. The number of aryl methyl sites for hydroxylation is 1. The van der Waals surface area contributed by atoms with Gasteiger partial charge in [0, 0.05) is 12.4 Å². The van der Waals surface area contributed by atoms with Gasteiger partial charge >= 0.3 is 0 Å². The van der Waals surface area contributed by atoms with Crippen molar-refractivity contribution < 1.29 is 8.42 Å². The highest BCUT2D eigenvalue weighted by atomic mass is 35.5. The molecule has 2 heterocycles. The molecule has 2 aromatic rings. The van der Waals surface area contributed by atoms with Gasteiger partial charge in [-0.3, -0.25) is 9.52 Å². The second-order valence-electron chi connectivity index (χ2n) is 3.79. The lowest BCUT2D eigenvalue weighted by molar-refractivity contribution is 0.600. The van der Waals surface area contributed by atoms with Crippen LogP contribution in [0.1, 0.15) is 5.56 Å². The van der Waals surface area contributed by atoms with E-state index in [1.165, 1.54) is 6.20 Å². The predicted molar refractivity (Wildman–Crippen MR) is 71.9 cm³/mol. The van der Waals surface area contributed by atoms with Crippen molar-refractivity contribution >= 4 is 27.4 Å². The fourth-order valence-corrected chi connectivity index (χ4v) is 2.68. The Morgan fingerprint density at radius 3 is 2.79 bits per heavy atom. The van der Waals surface area contributed by atoms with Crippen LogP contribution in [-0.2, 0) is 10.0 Å². The summed E-state index contributed by atoms with van der Waals surface area (Å²) in [6, 6.07) is 4.51. The minimum Gasteiger partial charge on any atom is -0.326 e. The number of aromatic amines is 1. The highest BCUT2D eigenvalue weighted by Crippen LogP contribution is 2.17. The molecule has 0 aliphatic rings. The molecule has 0 unspecified atom stereocenters. The summed E-state index contributed by atoms with van der Waals surface area (Å²) in [5.74, 6) is 0.227. The zero-order valence-electron chi connectivity index (χ0n) is 9.84. The molecule has 0 amide bonds. The van der Waals surface area contributed by atoms with Crippen molar-refractivity contribution in [2.24, 2.45) is 0 Å². The van der Waals surface area contributed by atoms with E-state index >= 15 is 0 Å². The van der Waals surface area contributed by atoms with Crippen LogP contribution in [0.15, 0.2) is 40.3 Å². The zero-order valence-corrected chi connectivity index (χ0v) is 11.4. The zero-order chi connectivity index (χ0) is 14.0. The number of nitrogens with zero attached hydrogens (tertiary/aromatic N) is 1. The van der Waals surface area contributed by atoms with Crippen LogP contribution in [0, 0.1) is 6.92 Å². The lowest BCUT2D eigenvalue weighted by atomic mass is 10.3. The van der Waals surface area contributed by atoms with Gasteiger partial charge in [-0.1, -0.05) is 17.7 Å². The molecule has 100 valence electrons. The summed E-state index contributed by atoms with van der Waals surface area (Å²) in [5.41, 5.74) is 0.135. The standard InChI is InChI=1S/C11H10ClN3O3S/c1-7-3-2-4-13-10(7)15-19(17,18)8-5-9(12)11(16)14-6-8/h2-6H,1H3,(H,13,15)(H,14,16). The summed E-state index contributed by atoms with van der Waals surface area (Å²) >= 11 is 5.60. The number of halogens is 1. The Hall–Kier alpha value is -1.86. The Labute approximate surface area is 114 Å². The van der Waals surface area contributed by atoms with E-state index in [0.717, 1.165) is 12.3 Å². The Kier molecular flexibility index (Phi) is 3.59. The molecule has 0 saturated carbocycles. The van der Waals surface area contributed by atoms with E-state index < -0.39 is 15.6 Å². The third-order valence-electron chi connectivity index (χ3n) is 2.38. The Morgan fingerprint density at radius 2 is 2.16 bits per heavy atom. The normalized spacial score (nSPS) is 11.3. The van der Waals surface area contributed by atoms with Gasteiger partial charge in [-0.2, -0.15) is 0 Å². The van der Waals surface area contributed by atoms with Crippen molar-refractivity contribution in [1.82, 2.24) is 9.97 Å². The molecule has 2 aromatic heterocycles. The number of sulfonamides is 1. The van der Waals surface area contributed by atoms with E-state index in [0.29, 0.717) is 5.56 Å². The van der Waals surface area contributed by atoms with Crippen molar-refractivity contribution in [3.05, 3.63) is 51.5 Å². The van der Waals surface area contributed by atoms with Crippen LogP contribution in [0.3, 0.4) is 0 Å². The lowest BCUT2D eigenvalue weighted by Gasteiger charge is -2.09. The van der Waals surface area contributed by atoms with Gasteiger partial charge in [0.15, 0.2) is 0 Å². The highest BCUT2D eigenvalue weighted by Gasteiger charge is 2.17. The maximum atomic E-state index is 12.1. The lowest BCUT2D eigenvalue weighted by Crippen LogP contribution is -2.17. The molecule has 0 aliphatic heterocycles. The first-order valence-corrected chi connectivity index (χ1v) is 7.09. The van der Waals surface area contributed by atoms with Gasteiger partial charge in [-0.25, -0.2) is 13.4 Å². The maximum absolute atomic E-state index is 12.1. The van der Waals surface area contributed by atoms with E-state index in [4.69, 9.17) is 11.6 Å². The van der Waals surface area contributed by atoms with E-state index in [1.807, 2.05) is 0 Å². The van der Waals surface area contributed by atoms with Crippen molar-refractivity contribution in [1.29, 1.82) is 0 Å². The van der Waals surface area contributed by atoms with Crippen LogP contribution in [-0.4, -0.2) is 18.4 Å². The Bertz CT molecular complexity index is 771. The van der Waals surface area contributed by atoms with E-state index in [1.54, 1.807) is 19.1 Å². The Balaban J connectivity index is 2.41. The minimum atomic E-state index is -3.84. The van der Waals surface area contributed by atoms with E-state index in [9.17, 15) is 13.2 Å². The molecule has 19 heavy (non-hydrogen) atoms. The van der Waals surface area contributed by atoms with Gasteiger partial charge in [0.25, 0.3) is 15.6 Å². The first kappa shape index (κ1) is 13.6. The van der Waals surface area contributed by atoms with Crippen LogP contribution < -0.4 is 10.3 Å². The second kappa shape index (κ2) is 5.02. The summed E-state index contributed by atoms with van der Waals surface area (Å²) in [5, 5.41) is -0.194. The fourth-order valence-electron chi connectivity index (χ4n) is 1.37. The summed E-state index contributed by atoms with van der Waals surface area (Å²) < 4.78 is 26.5. The third-order valence-corrected chi connectivity index (χ3v) is 3.98. The summed E-state index contributed by atoms with van der Waals surface area (Å²) in [7, 11) is -3.84. The van der Waals surface area contributed by atoms with Crippen molar-refractivity contribution in [2.45, 2.75) is 11.8 Å². The number of rotatable bonds is 3. The first-order chi connectivity index (χ1) is 8.90. The Morgan fingerprint density at radius 1 is 1.42 bits per heavy atom. The number of aromatic nitrogens is 2. The largest absolute Gasteiger partial charge is 0.326 e. The monoisotopic (exact) mass is 299 g/mol. The summed E-state index contributed by atoms with van der Waals surface area (Å²) in [6.07, 6.45) is 2.56. The minimum absolute atomic E-state index is 0.137. The quantitative estimate of drug-likeness (QED) is 0.899. The number of anilines is 1. The molecule has 0 aromatic carbocycles. The molecule has 2 N–H and O–H groups in total. The molecular formula is C11H10ClN3O3S. The number of nitrogens with one attached hydrogen (secondary N) is 2. The SMILES string of the molecule is Cc1cccnc1NS(=O)(=O)c1c[nH]c(=O)c(Cl)c1. The van der Waals surface area contributed by atoms with Crippen LogP contribution in [0.25, 0.3) is 0 Å². The topological polar surface area (TPSA) is 91.9 Å². The second-order valence-corrected chi connectivity index (χ2v) is 5.88. The van der Waals surface area contributed by atoms with Crippen molar-refractivity contribution in [3.63, 3.8) is 0 Å². The van der Waals surface area contributed by atoms with E-state index in [-0.39, 0.29) is 15.7 Å². The fraction of sp³-hybridized carbons (Fsp3) is 0.0909. The third kappa shape index (κ3) is 2.94. The number of H-pyrrole nitrogens is 1. The molecule has 0 aliphatic carbocycles. The van der Waals surface area contributed by atoms with Gasteiger partial charge in [0.2, 0.25) is 0 Å². The van der Waals surface area contributed by atoms with Crippen molar-refractivity contribution in [2.75, 3.05) is 4.72 Å². The maximum Gasteiger partial charge on any atom is 0.266 e. The number of hydrogen-bond acceptors (Lipinski definition) is 4. The first-order valence-electron chi connectivity index (χ1n) is 5.23. The molecule has 0 bridgehead atoms. The molecule has 0 fully saturated rings. The molecule has 0 spiro atoms. The smallest absolute Gasteiger partial charge is 0.266 e. The molecule has 0 saturated heterocycles. The summed E-state index contributed by atoms with van der Waals surface area (Å²) in [4.78, 5) is 17.1. The van der Waals surface area contributed by atoms with Gasteiger partial charge in [-0.15, -0.1) is 0 Å². The molecule has 8 heteroatoms.